The zero-order valence-corrected chi connectivity index (χ0v) is 22.5. The van der Waals surface area contributed by atoms with Crippen LogP contribution in [-0.4, -0.2) is 18.8 Å². The van der Waals surface area contributed by atoms with Crippen molar-refractivity contribution < 1.29 is 35.8 Å². The van der Waals surface area contributed by atoms with Crippen LogP contribution in [0.4, 0.5) is 26.3 Å². The zero-order valence-electron chi connectivity index (χ0n) is 22.5. The summed E-state index contributed by atoms with van der Waals surface area (Å²) in [5.41, 5.74) is -0.0365. The average Bonchev–Trinajstić information content (AvgIpc) is 2.88. The maximum atomic E-state index is 15.0. The first-order valence-electron chi connectivity index (χ1n) is 14.4. The third kappa shape index (κ3) is 8.51. The van der Waals surface area contributed by atoms with Crippen LogP contribution < -0.4 is 4.74 Å². The monoisotopic (exact) mass is 558 g/mol. The standard InChI is InChI=1S/C31H40F6O2/c1-2-3-20-4-8-22(9-5-20)23-10-12-24(13-11-23)30-27(32)17-26(18-28(30)33)39-31(36,37)19-38-25-14-6-21(7-15-25)16-29(34)35/h2,16-18,20-25H,1,3-15,19H2. The predicted molar refractivity (Wildman–Crippen MR) is 139 cm³/mol. The van der Waals surface area contributed by atoms with Gasteiger partial charge in [0, 0.05) is 17.7 Å². The Labute approximate surface area is 227 Å². The highest BCUT2D eigenvalue weighted by Gasteiger charge is 2.36. The molecule has 0 amide bonds. The fourth-order valence-corrected chi connectivity index (χ4v) is 7.04. The molecule has 3 fully saturated rings. The Morgan fingerprint density at radius 3 is 1.95 bits per heavy atom. The van der Waals surface area contributed by atoms with Crippen molar-refractivity contribution >= 4 is 0 Å². The molecule has 0 aliphatic heterocycles. The highest BCUT2D eigenvalue weighted by atomic mass is 19.3. The van der Waals surface area contributed by atoms with E-state index in [1.54, 1.807) is 0 Å². The second kappa shape index (κ2) is 13.6. The topological polar surface area (TPSA) is 18.5 Å². The van der Waals surface area contributed by atoms with Crippen molar-refractivity contribution in [3.63, 3.8) is 0 Å². The third-order valence-corrected chi connectivity index (χ3v) is 9.13. The van der Waals surface area contributed by atoms with E-state index in [1.807, 2.05) is 6.08 Å². The van der Waals surface area contributed by atoms with E-state index in [4.69, 9.17) is 4.74 Å². The maximum absolute atomic E-state index is 15.0. The number of rotatable bonds is 10. The Morgan fingerprint density at radius 2 is 1.41 bits per heavy atom. The molecule has 8 heteroatoms. The number of halogens is 6. The molecule has 0 spiro atoms. The largest absolute Gasteiger partial charge is 0.431 e. The minimum atomic E-state index is -3.79. The summed E-state index contributed by atoms with van der Waals surface area (Å²) in [7, 11) is 0. The fourth-order valence-electron chi connectivity index (χ4n) is 7.04. The van der Waals surface area contributed by atoms with Crippen molar-refractivity contribution in [2.75, 3.05) is 6.61 Å². The van der Waals surface area contributed by atoms with E-state index < -0.39 is 42.3 Å². The van der Waals surface area contributed by atoms with E-state index in [0.717, 1.165) is 43.4 Å². The molecule has 0 radical (unpaired) electrons. The highest BCUT2D eigenvalue weighted by Crippen LogP contribution is 2.45. The van der Waals surface area contributed by atoms with Crippen LogP contribution in [0, 0.1) is 35.3 Å². The van der Waals surface area contributed by atoms with Gasteiger partial charge in [0.15, 0.2) is 6.61 Å². The Hall–Kier alpha value is -1.96. The van der Waals surface area contributed by atoms with Crippen LogP contribution in [0.3, 0.4) is 0 Å². The first-order valence-corrected chi connectivity index (χ1v) is 14.4. The summed E-state index contributed by atoms with van der Waals surface area (Å²) in [6.07, 6.45) is 7.60. The summed E-state index contributed by atoms with van der Waals surface area (Å²) in [6, 6.07) is 1.67. The van der Waals surface area contributed by atoms with E-state index in [-0.39, 0.29) is 17.4 Å². The third-order valence-electron chi connectivity index (χ3n) is 9.13. The molecule has 0 bridgehead atoms. The zero-order chi connectivity index (χ0) is 28.0. The second-order valence-electron chi connectivity index (χ2n) is 11.8. The molecule has 4 rings (SSSR count). The van der Waals surface area contributed by atoms with E-state index in [1.165, 1.54) is 25.7 Å². The van der Waals surface area contributed by atoms with Gasteiger partial charge in [0.25, 0.3) is 6.08 Å². The summed E-state index contributed by atoms with van der Waals surface area (Å²) >= 11 is 0. The smallest absolute Gasteiger partial charge is 0.421 e. The average molecular weight is 559 g/mol. The van der Waals surface area contributed by atoms with Gasteiger partial charge >= 0.3 is 6.11 Å². The first-order chi connectivity index (χ1) is 18.6. The van der Waals surface area contributed by atoms with Gasteiger partial charge in [-0.05, 0) is 119 Å². The Bertz CT molecular complexity index is 944. The Kier molecular flexibility index (Phi) is 10.5. The van der Waals surface area contributed by atoms with E-state index in [0.29, 0.717) is 50.4 Å². The van der Waals surface area contributed by atoms with Crippen molar-refractivity contribution in [1.82, 2.24) is 0 Å². The lowest BCUT2D eigenvalue weighted by Gasteiger charge is -2.38. The number of benzene rings is 1. The van der Waals surface area contributed by atoms with Crippen LogP contribution in [-0.2, 0) is 4.74 Å². The molecule has 1 aromatic carbocycles. The van der Waals surface area contributed by atoms with Crippen molar-refractivity contribution in [1.29, 1.82) is 0 Å². The molecule has 0 aromatic heterocycles. The SMILES string of the molecule is C=CCC1CCC(C2CCC(c3c(F)cc(OC(F)(F)COC4CCC(C=C(F)F)CC4)cc3F)CC2)CC1. The van der Waals surface area contributed by atoms with Crippen molar-refractivity contribution in [3.8, 4) is 5.75 Å². The lowest BCUT2D eigenvalue weighted by Crippen LogP contribution is -2.34. The van der Waals surface area contributed by atoms with Gasteiger partial charge in [0.2, 0.25) is 0 Å². The minimum Gasteiger partial charge on any atom is -0.431 e. The number of ether oxygens (including phenoxy) is 2. The van der Waals surface area contributed by atoms with Crippen LogP contribution in [0.25, 0.3) is 0 Å². The molecular formula is C31H40F6O2. The van der Waals surface area contributed by atoms with Gasteiger partial charge in [-0.2, -0.15) is 17.6 Å². The van der Waals surface area contributed by atoms with Crippen LogP contribution in [0.5, 0.6) is 5.75 Å². The van der Waals surface area contributed by atoms with Crippen LogP contribution in [0.1, 0.15) is 95.0 Å². The van der Waals surface area contributed by atoms with Crippen molar-refractivity contribution in [2.45, 2.75) is 102 Å². The summed E-state index contributed by atoms with van der Waals surface area (Å²) in [4.78, 5) is 0. The number of hydrogen-bond acceptors (Lipinski definition) is 2. The van der Waals surface area contributed by atoms with Gasteiger partial charge in [-0.3, -0.25) is 0 Å². The molecule has 2 nitrogen and oxygen atoms in total. The van der Waals surface area contributed by atoms with Gasteiger partial charge in [0.05, 0.1) is 6.10 Å². The maximum Gasteiger partial charge on any atom is 0.421 e. The van der Waals surface area contributed by atoms with Crippen molar-refractivity contribution in [3.05, 3.63) is 54.1 Å². The fraction of sp³-hybridized carbons (Fsp3) is 0.677. The molecule has 0 atom stereocenters. The molecule has 3 saturated carbocycles. The second-order valence-corrected chi connectivity index (χ2v) is 11.8. The molecule has 0 unspecified atom stereocenters. The molecule has 0 saturated heterocycles. The summed E-state index contributed by atoms with van der Waals surface area (Å²) < 4.78 is 93.5. The van der Waals surface area contributed by atoms with Crippen LogP contribution in [0.2, 0.25) is 0 Å². The van der Waals surface area contributed by atoms with Crippen LogP contribution >= 0.6 is 0 Å². The van der Waals surface area contributed by atoms with Gasteiger partial charge < -0.3 is 9.47 Å². The van der Waals surface area contributed by atoms with E-state index in [2.05, 4.69) is 11.3 Å². The Balaban J connectivity index is 1.26. The molecule has 39 heavy (non-hydrogen) atoms. The number of alkyl halides is 2. The van der Waals surface area contributed by atoms with Gasteiger partial charge in [-0.1, -0.05) is 6.08 Å². The minimum absolute atomic E-state index is 0.0365. The van der Waals surface area contributed by atoms with E-state index >= 15 is 0 Å². The molecule has 3 aliphatic carbocycles. The first kappa shape index (κ1) is 30.0. The van der Waals surface area contributed by atoms with Gasteiger partial charge in [-0.15, -0.1) is 6.58 Å². The quantitative estimate of drug-likeness (QED) is 0.210. The lowest BCUT2D eigenvalue weighted by atomic mass is 9.68. The molecular weight excluding hydrogens is 518 g/mol. The van der Waals surface area contributed by atoms with Crippen molar-refractivity contribution in [2.24, 2.45) is 23.7 Å². The van der Waals surface area contributed by atoms with Gasteiger partial charge in [-0.25, -0.2) is 8.78 Å². The predicted octanol–water partition coefficient (Wildman–Crippen LogP) is 9.95. The number of allylic oxidation sites excluding steroid dienone is 2. The number of hydrogen-bond donors (Lipinski definition) is 0. The lowest BCUT2D eigenvalue weighted by molar-refractivity contribution is -0.222. The molecule has 0 heterocycles. The summed E-state index contributed by atoms with van der Waals surface area (Å²) in [5, 5.41) is 0. The molecule has 3 aliphatic rings. The van der Waals surface area contributed by atoms with E-state index in [9.17, 15) is 26.3 Å². The molecule has 218 valence electrons. The summed E-state index contributed by atoms with van der Waals surface area (Å²) in [5.74, 6) is -0.874. The van der Waals surface area contributed by atoms with Crippen LogP contribution in [0.15, 0.2) is 36.9 Å². The normalized spacial score (nSPS) is 30.0. The highest BCUT2D eigenvalue weighted by molar-refractivity contribution is 5.33. The Morgan fingerprint density at radius 1 is 0.846 bits per heavy atom. The molecule has 0 N–H and O–H groups in total. The molecule has 1 aromatic rings. The van der Waals surface area contributed by atoms with Gasteiger partial charge in [0.1, 0.15) is 17.4 Å². The summed E-state index contributed by atoms with van der Waals surface area (Å²) in [6.45, 7) is 2.76.